The fourth-order valence-corrected chi connectivity index (χ4v) is 2.32. The lowest BCUT2D eigenvalue weighted by Gasteiger charge is -2.22. The van der Waals surface area contributed by atoms with E-state index in [0.717, 1.165) is 31.1 Å². The Morgan fingerprint density at radius 1 is 1.10 bits per heavy atom. The van der Waals surface area contributed by atoms with Crippen LogP contribution >= 0.6 is 0 Å². The summed E-state index contributed by atoms with van der Waals surface area (Å²) >= 11 is 0. The number of hydrogen-bond acceptors (Lipinski definition) is 3. The summed E-state index contributed by atoms with van der Waals surface area (Å²) in [6, 6.07) is 8.72. The van der Waals surface area contributed by atoms with Crippen LogP contribution < -0.4 is 10.1 Å². The Kier molecular flexibility index (Phi) is 9.11. The fourth-order valence-electron chi connectivity index (χ4n) is 2.32. The molecule has 1 unspecified atom stereocenters. The second-order valence-corrected chi connectivity index (χ2v) is 5.86. The maximum Gasteiger partial charge on any atom is 0.124 e. The number of methoxy groups -OCH3 is 1. The van der Waals surface area contributed by atoms with Crippen LogP contribution in [0.25, 0.3) is 0 Å². The van der Waals surface area contributed by atoms with Gasteiger partial charge in [-0.2, -0.15) is 0 Å². The molecule has 1 aromatic rings. The van der Waals surface area contributed by atoms with Crippen LogP contribution in [0.5, 0.6) is 5.75 Å². The van der Waals surface area contributed by atoms with E-state index in [9.17, 15) is 0 Å². The molecule has 0 aromatic heterocycles. The minimum atomic E-state index is 0.367. The van der Waals surface area contributed by atoms with Gasteiger partial charge in [-0.3, -0.25) is 0 Å². The van der Waals surface area contributed by atoms with Crippen LogP contribution in [0.2, 0.25) is 0 Å². The van der Waals surface area contributed by atoms with Crippen LogP contribution in [0.4, 0.5) is 0 Å². The lowest BCUT2D eigenvalue weighted by atomic mass is 9.97. The highest BCUT2D eigenvalue weighted by Crippen LogP contribution is 2.29. The Bertz CT molecular complexity index is 379. The van der Waals surface area contributed by atoms with Gasteiger partial charge in [0.25, 0.3) is 0 Å². The molecule has 0 fully saturated rings. The van der Waals surface area contributed by atoms with Crippen molar-refractivity contribution in [1.82, 2.24) is 5.32 Å². The molecule has 1 atom stereocenters. The molecule has 0 amide bonds. The number of benzene rings is 1. The van der Waals surface area contributed by atoms with E-state index >= 15 is 0 Å². The Morgan fingerprint density at radius 3 is 2.52 bits per heavy atom. The number of nitrogens with one attached hydrogen (secondary N) is 1. The summed E-state index contributed by atoms with van der Waals surface area (Å²) in [4.78, 5) is 0. The number of ether oxygens (including phenoxy) is 2. The molecule has 3 heteroatoms. The van der Waals surface area contributed by atoms with Crippen molar-refractivity contribution in [2.45, 2.75) is 46.1 Å². The summed E-state index contributed by atoms with van der Waals surface area (Å²) in [5, 5.41) is 3.66. The van der Waals surface area contributed by atoms with Gasteiger partial charge in [-0.15, -0.1) is 0 Å². The summed E-state index contributed by atoms with van der Waals surface area (Å²) in [5.74, 6) is 1.70. The molecule has 0 aliphatic rings. The second kappa shape index (κ2) is 10.6. The van der Waals surface area contributed by atoms with E-state index < -0.39 is 0 Å². The van der Waals surface area contributed by atoms with Gasteiger partial charge >= 0.3 is 0 Å². The topological polar surface area (TPSA) is 30.5 Å². The van der Waals surface area contributed by atoms with Crippen molar-refractivity contribution in [1.29, 1.82) is 0 Å². The third kappa shape index (κ3) is 6.96. The molecule has 1 N–H and O–H groups in total. The van der Waals surface area contributed by atoms with E-state index in [0.29, 0.717) is 19.3 Å². The van der Waals surface area contributed by atoms with Gasteiger partial charge in [0.15, 0.2) is 0 Å². The monoisotopic (exact) mass is 293 g/mol. The average Bonchev–Trinajstić information content (AvgIpc) is 2.48. The molecular formula is C18H31NO2. The van der Waals surface area contributed by atoms with Crippen molar-refractivity contribution in [3.63, 3.8) is 0 Å². The molecule has 120 valence electrons. The van der Waals surface area contributed by atoms with E-state index in [1.165, 1.54) is 12.0 Å². The first-order valence-corrected chi connectivity index (χ1v) is 8.13. The molecule has 0 radical (unpaired) electrons. The molecule has 0 spiro atoms. The molecule has 3 nitrogen and oxygen atoms in total. The SMILES string of the molecule is CCCNC(CCC(C)C)c1ccccc1OCCOC. The Balaban J connectivity index is 2.78. The van der Waals surface area contributed by atoms with Crippen LogP contribution in [0, 0.1) is 5.92 Å². The lowest BCUT2D eigenvalue weighted by Crippen LogP contribution is -2.23. The van der Waals surface area contributed by atoms with Crippen molar-refractivity contribution in [2.24, 2.45) is 5.92 Å². The quantitative estimate of drug-likeness (QED) is 0.621. The summed E-state index contributed by atoms with van der Waals surface area (Å²) in [6.07, 6.45) is 3.50. The van der Waals surface area contributed by atoms with Crippen molar-refractivity contribution >= 4 is 0 Å². The molecule has 21 heavy (non-hydrogen) atoms. The van der Waals surface area contributed by atoms with E-state index in [1.807, 2.05) is 6.07 Å². The Hall–Kier alpha value is -1.06. The summed E-state index contributed by atoms with van der Waals surface area (Å²) < 4.78 is 10.9. The summed E-state index contributed by atoms with van der Waals surface area (Å²) in [5.41, 5.74) is 1.27. The molecule has 0 saturated carbocycles. The first-order valence-electron chi connectivity index (χ1n) is 8.13. The van der Waals surface area contributed by atoms with E-state index in [4.69, 9.17) is 9.47 Å². The minimum Gasteiger partial charge on any atom is -0.491 e. The largest absolute Gasteiger partial charge is 0.491 e. The first kappa shape index (κ1) is 18.0. The number of rotatable bonds is 11. The molecular weight excluding hydrogens is 262 g/mol. The fraction of sp³-hybridized carbons (Fsp3) is 0.667. The van der Waals surface area contributed by atoms with Crippen LogP contribution in [0.15, 0.2) is 24.3 Å². The smallest absolute Gasteiger partial charge is 0.124 e. The highest BCUT2D eigenvalue weighted by atomic mass is 16.5. The highest BCUT2D eigenvalue weighted by Gasteiger charge is 2.15. The second-order valence-electron chi connectivity index (χ2n) is 5.86. The predicted octanol–water partition coefficient (Wildman–Crippen LogP) is 4.19. The predicted molar refractivity (Wildman–Crippen MR) is 88.9 cm³/mol. The van der Waals surface area contributed by atoms with Crippen molar-refractivity contribution in [3.8, 4) is 5.75 Å². The third-order valence-electron chi connectivity index (χ3n) is 3.51. The lowest BCUT2D eigenvalue weighted by molar-refractivity contribution is 0.145. The van der Waals surface area contributed by atoms with E-state index in [1.54, 1.807) is 7.11 Å². The van der Waals surface area contributed by atoms with Crippen molar-refractivity contribution in [2.75, 3.05) is 26.9 Å². The molecule has 0 aliphatic carbocycles. The van der Waals surface area contributed by atoms with Gasteiger partial charge in [0, 0.05) is 18.7 Å². The van der Waals surface area contributed by atoms with Gasteiger partial charge in [-0.25, -0.2) is 0 Å². The third-order valence-corrected chi connectivity index (χ3v) is 3.51. The minimum absolute atomic E-state index is 0.367. The van der Waals surface area contributed by atoms with Gasteiger partial charge in [-0.05, 0) is 37.8 Å². The zero-order valence-electron chi connectivity index (χ0n) is 14.0. The molecule has 1 aromatic carbocycles. The van der Waals surface area contributed by atoms with Gasteiger partial charge < -0.3 is 14.8 Å². The maximum absolute atomic E-state index is 5.88. The Labute approximate surface area is 130 Å². The van der Waals surface area contributed by atoms with Crippen molar-refractivity contribution in [3.05, 3.63) is 29.8 Å². The van der Waals surface area contributed by atoms with Crippen LogP contribution in [-0.2, 0) is 4.74 Å². The van der Waals surface area contributed by atoms with Crippen LogP contribution in [0.1, 0.15) is 51.6 Å². The van der Waals surface area contributed by atoms with E-state index in [-0.39, 0.29) is 0 Å². The number of para-hydroxylation sites is 1. The zero-order chi connectivity index (χ0) is 15.5. The molecule has 1 rings (SSSR count). The molecule has 0 aliphatic heterocycles. The first-order chi connectivity index (χ1) is 10.2. The molecule has 0 saturated heterocycles. The maximum atomic E-state index is 5.88. The molecule has 0 bridgehead atoms. The van der Waals surface area contributed by atoms with Crippen LogP contribution in [-0.4, -0.2) is 26.9 Å². The average molecular weight is 293 g/mol. The van der Waals surface area contributed by atoms with Gasteiger partial charge in [0.1, 0.15) is 12.4 Å². The summed E-state index contributed by atoms with van der Waals surface area (Å²) in [7, 11) is 1.70. The van der Waals surface area contributed by atoms with Gasteiger partial charge in [0.05, 0.1) is 6.61 Å². The van der Waals surface area contributed by atoms with E-state index in [2.05, 4.69) is 44.3 Å². The number of hydrogen-bond donors (Lipinski definition) is 1. The standard InChI is InChI=1S/C18H31NO2/c1-5-12-19-17(11-10-15(2)3)16-8-6-7-9-18(16)21-14-13-20-4/h6-9,15,17,19H,5,10-14H2,1-4H3. The highest BCUT2D eigenvalue weighted by molar-refractivity contribution is 5.36. The van der Waals surface area contributed by atoms with Gasteiger partial charge in [0.2, 0.25) is 0 Å². The van der Waals surface area contributed by atoms with Crippen LogP contribution in [0.3, 0.4) is 0 Å². The molecule has 0 heterocycles. The Morgan fingerprint density at radius 2 is 1.86 bits per heavy atom. The van der Waals surface area contributed by atoms with Crippen molar-refractivity contribution < 1.29 is 9.47 Å². The normalized spacial score (nSPS) is 12.6. The van der Waals surface area contributed by atoms with Gasteiger partial charge in [-0.1, -0.05) is 39.0 Å². The summed E-state index contributed by atoms with van der Waals surface area (Å²) in [6.45, 7) is 9.00. The zero-order valence-corrected chi connectivity index (χ0v) is 14.0.